The number of hydrogen-bond donors (Lipinski definition) is 0. The molecule has 0 aromatic carbocycles. The molecule has 1 aromatic rings. The Labute approximate surface area is 225 Å². The molecule has 1 atom stereocenters. The maximum absolute atomic E-state index is 6.61. The molecule has 0 saturated carbocycles. The fourth-order valence-electron chi connectivity index (χ4n) is 4.67. The van der Waals surface area contributed by atoms with Crippen molar-refractivity contribution in [2.24, 2.45) is 0 Å². The summed E-state index contributed by atoms with van der Waals surface area (Å²) in [6.45, 7) is 11.4. The van der Waals surface area contributed by atoms with Crippen LogP contribution in [0.2, 0.25) is 0 Å². The number of aromatic nitrogens is 1. The summed E-state index contributed by atoms with van der Waals surface area (Å²) in [6, 6.07) is 6.43. The number of pyridine rings is 1. The van der Waals surface area contributed by atoms with E-state index in [1.807, 2.05) is 0 Å². The monoisotopic (exact) mass is 504 g/mol. The van der Waals surface area contributed by atoms with Crippen LogP contribution in [-0.4, -0.2) is 20.5 Å². The van der Waals surface area contributed by atoms with Crippen LogP contribution in [0, 0.1) is 0 Å². The summed E-state index contributed by atoms with van der Waals surface area (Å²) in [5, 5.41) is 0. The maximum Gasteiger partial charge on any atom is 0.640 e. The van der Waals surface area contributed by atoms with Gasteiger partial charge >= 0.3 is 7.32 Å². The van der Waals surface area contributed by atoms with E-state index in [2.05, 4.69) is 56.7 Å². The average molecular weight is 505 g/mol. The van der Waals surface area contributed by atoms with E-state index in [1.165, 1.54) is 102 Å². The first-order valence-corrected chi connectivity index (χ1v) is 15.6. The average Bonchev–Trinajstić information content (AvgIpc) is 2.90. The highest BCUT2D eigenvalue weighted by Gasteiger charge is 2.31. The molecule has 1 aromatic heterocycles. The SMILES string of the molecule is CCCCCCCCOB(OCCCCCCCC)OC(CCCCCCC)c1cccc[n+]1CC. The van der Waals surface area contributed by atoms with Gasteiger partial charge in [-0.1, -0.05) is 123 Å². The van der Waals surface area contributed by atoms with Gasteiger partial charge in [0.1, 0.15) is 12.6 Å². The largest absolute Gasteiger partial charge is 0.640 e. The fraction of sp³-hybridized carbons (Fsp3) is 0.839. The molecule has 0 fully saturated rings. The maximum atomic E-state index is 6.61. The Morgan fingerprint density at radius 1 is 0.639 bits per heavy atom. The summed E-state index contributed by atoms with van der Waals surface area (Å²) in [7, 11) is -0.581. The fourth-order valence-corrected chi connectivity index (χ4v) is 4.67. The zero-order valence-electron chi connectivity index (χ0n) is 24.5. The molecule has 0 aliphatic carbocycles. The van der Waals surface area contributed by atoms with Gasteiger partial charge in [-0.15, -0.1) is 0 Å². The van der Waals surface area contributed by atoms with Gasteiger partial charge in [0.15, 0.2) is 6.20 Å². The summed E-state index contributed by atoms with van der Waals surface area (Å²) in [4.78, 5) is 0. The first-order valence-electron chi connectivity index (χ1n) is 15.6. The van der Waals surface area contributed by atoms with E-state index in [4.69, 9.17) is 14.0 Å². The molecule has 0 bridgehead atoms. The van der Waals surface area contributed by atoms with Gasteiger partial charge in [-0.25, -0.2) is 4.57 Å². The second-order valence-electron chi connectivity index (χ2n) is 10.3. The highest BCUT2D eigenvalue weighted by atomic mass is 16.7. The summed E-state index contributed by atoms with van der Waals surface area (Å²) in [5.74, 6) is 0. The molecule has 1 heterocycles. The van der Waals surface area contributed by atoms with E-state index in [0.717, 1.165) is 25.8 Å². The second kappa shape index (κ2) is 24.4. The normalized spacial score (nSPS) is 12.2. The van der Waals surface area contributed by atoms with Gasteiger partial charge in [0, 0.05) is 25.3 Å². The highest BCUT2D eigenvalue weighted by molar-refractivity contribution is 6.36. The molecular formula is C31H59BNO3+. The van der Waals surface area contributed by atoms with Crippen LogP contribution in [0.4, 0.5) is 0 Å². The molecule has 0 saturated heterocycles. The molecule has 36 heavy (non-hydrogen) atoms. The van der Waals surface area contributed by atoms with Crippen molar-refractivity contribution in [2.45, 2.75) is 156 Å². The third-order valence-corrected chi connectivity index (χ3v) is 7.00. The first kappa shape index (κ1) is 33.1. The van der Waals surface area contributed by atoms with Crippen molar-refractivity contribution in [3.05, 3.63) is 30.1 Å². The van der Waals surface area contributed by atoms with Gasteiger partial charge in [0.05, 0.1) is 0 Å². The lowest BCUT2D eigenvalue weighted by molar-refractivity contribution is -0.704. The zero-order valence-corrected chi connectivity index (χ0v) is 24.5. The zero-order chi connectivity index (χ0) is 26.1. The van der Waals surface area contributed by atoms with E-state index in [-0.39, 0.29) is 6.10 Å². The molecule has 4 nitrogen and oxygen atoms in total. The molecule has 0 amide bonds. The minimum atomic E-state index is -0.581. The number of unbranched alkanes of at least 4 members (excludes halogenated alkanes) is 14. The number of rotatable bonds is 26. The van der Waals surface area contributed by atoms with Gasteiger partial charge in [-0.3, -0.25) is 0 Å². The summed E-state index contributed by atoms with van der Waals surface area (Å²) >= 11 is 0. The number of hydrogen-bond acceptors (Lipinski definition) is 3. The van der Waals surface area contributed by atoms with Crippen molar-refractivity contribution in [1.82, 2.24) is 0 Å². The van der Waals surface area contributed by atoms with Crippen molar-refractivity contribution in [3.8, 4) is 0 Å². The third-order valence-electron chi connectivity index (χ3n) is 7.00. The Hall–Kier alpha value is -0.905. The van der Waals surface area contributed by atoms with E-state index in [9.17, 15) is 0 Å². The van der Waals surface area contributed by atoms with Crippen LogP contribution >= 0.6 is 0 Å². The van der Waals surface area contributed by atoms with Gasteiger partial charge in [0.2, 0.25) is 5.69 Å². The Bertz CT molecular complexity index is 583. The summed E-state index contributed by atoms with van der Waals surface area (Å²) in [5.41, 5.74) is 1.23. The van der Waals surface area contributed by atoms with Crippen molar-refractivity contribution in [3.63, 3.8) is 0 Å². The molecule has 0 spiro atoms. The standard InChI is InChI=1S/C31H59BNO3/c1-5-9-12-15-18-23-28-34-32(35-29-24-19-16-13-10-6-2)36-31(26-20-17-14-11-7-3)30-25-21-22-27-33(30)8-4/h21-22,25,27,31H,5-20,23-24,26,28-29H2,1-4H3/q+1. The van der Waals surface area contributed by atoms with Crippen molar-refractivity contribution in [2.75, 3.05) is 13.2 Å². The predicted octanol–water partition coefficient (Wildman–Crippen LogP) is 9.15. The van der Waals surface area contributed by atoms with Crippen molar-refractivity contribution < 1.29 is 18.5 Å². The van der Waals surface area contributed by atoms with Crippen LogP contribution in [0.15, 0.2) is 24.4 Å². The van der Waals surface area contributed by atoms with E-state index >= 15 is 0 Å². The Morgan fingerprint density at radius 2 is 1.14 bits per heavy atom. The van der Waals surface area contributed by atoms with Gasteiger partial charge < -0.3 is 14.0 Å². The molecule has 208 valence electrons. The number of nitrogens with zero attached hydrogens (tertiary/aromatic N) is 1. The van der Waals surface area contributed by atoms with Crippen LogP contribution < -0.4 is 4.57 Å². The lowest BCUT2D eigenvalue weighted by Crippen LogP contribution is -2.40. The lowest BCUT2D eigenvalue weighted by Gasteiger charge is -2.21. The number of aryl methyl sites for hydroxylation is 1. The van der Waals surface area contributed by atoms with Crippen LogP contribution in [0.5, 0.6) is 0 Å². The van der Waals surface area contributed by atoms with Gasteiger partial charge in [-0.2, -0.15) is 0 Å². The van der Waals surface area contributed by atoms with Crippen LogP contribution in [0.1, 0.15) is 155 Å². The quantitative estimate of drug-likeness (QED) is 0.0716. The minimum Gasteiger partial charge on any atom is -0.386 e. The summed E-state index contributed by atoms with van der Waals surface area (Å²) < 4.78 is 21.3. The third kappa shape index (κ3) is 16.8. The molecular weight excluding hydrogens is 445 g/mol. The van der Waals surface area contributed by atoms with E-state index < -0.39 is 7.32 Å². The van der Waals surface area contributed by atoms with Gasteiger partial charge in [0.25, 0.3) is 0 Å². The lowest BCUT2D eigenvalue weighted by atomic mass is 10.0. The Balaban J connectivity index is 2.70. The second-order valence-corrected chi connectivity index (χ2v) is 10.3. The molecule has 0 radical (unpaired) electrons. The smallest absolute Gasteiger partial charge is 0.386 e. The molecule has 0 aliphatic rings. The van der Waals surface area contributed by atoms with Crippen LogP contribution in [0.25, 0.3) is 0 Å². The summed E-state index contributed by atoms with van der Waals surface area (Å²) in [6.07, 6.45) is 24.6. The van der Waals surface area contributed by atoms with Crippen molar-refractivity contribution >= 4 is 7.32 Å². The highest BCUT2D eigenvalue weighted by Crippen LogP contribution is 2.24. The predicted molar refractivity (Wildman–Crippen MR) is 154 cm³/mol. The molecule has 5 heteroatoms. The molecule has 0 aliphatic heterocycles. The topological polar surface area (TPSA) is 31.6 Å². The Morgan fingerprint density at radius 3 is 1.67 bits per heavy atom. The Kier molecular flexibility index (Phi) is 22.5. The van der Waals surface area contributed by atoms with E-state index in [0.29, 0.717) is 13.2 Å². The molecule has 1 rings (SSSR count). The first-order chi connectivity index (χ1) is 17.8. The minimum absolute atomic E-state index is 0.00751. The van der Waals surface area contributed by atoms with Crippen LogP contribution in [0.3, 0.4) is 0 Å². The van der Waals surface area contributed by atoms with E-state index in [1.54, 1.807) is 0 Å². The van der Waals surface area contributed by atoms with Crippen molar-refractivity contribution in [1.29, 1.82) is 0 Å². The van der Waals surface area contributed by atoms with Crippen LogP contribution in [-0.2, 0) is 20.5 Å². The van der Waals surface area contributed by atoms with Gasteiger partial charge in [-0.05, 0) is 26.2 Å². The molecule has 0 N–H and O–H groups in total. The molecule has 1 unspecified atom stereocenters.